The summed E-state index contributed by atoms with van der Waals surface area (Å²) >= 11 is 0. The number of carbonyl (C=O) groups is 1. The van der Waals surface area contributed by atoms with Crippen LogP contribution in [0.15, 0.2) is 0 Å². The number of rotatable bonds is 5. The van der Waals surface area contributed by atoms with Gasteiger partial charge in [-0.15, -0.1) is 0 Å². The van der Waals surface area contributed by atoms with Crippen molar-refractivity contribution in [1.29, 1.82) is 0 Å². The molecule has 0 spiro atoms. The number of ether oxygens (including phenoxy) is 1. The molecule has 1 unspecified atom stereocenters. The highest BCUT2D eigenvalue weighted by Crippen LogP contribution is 2.29. The molecule has 0 saturated carbocycles. The van der Waals surface area contributed by atoms with Gasteiger partial charge in [-0.05, 0) is 66.1 Å². The van der Waals surface area contributed by atoms with Crippen molar-refractivity contribution in [3.63, 3.8) is 0 Å². The third-order valence-corrected chi connectivity index (χ3v) is 4.02. The average molecular weight is 299 g/mol. The topological polar surface area (TPSA) is 53.6 Å². The minimum Gasteiger partial charge on any atom is -0.444 e. The van der Waals surface area contributed by atoms with Crippen LogP contribution in [0.1, 0.15) is 47.5 Å². The SMILES string of the molecule is CC(CNC(=O)OC(C)(C)C)NCC1(C)CCN(C)CC1. The van der Waals surface area contributed by atoms with Crippen molar-refractivity contribution in [1.82, 2.24) is 15.5 Å². The summed E-state index contributed by atoms with van der Waals surface area (Å²) in [6.07, 6.45) is 2.10. The Balaban J connectivity index is 2.22. The first-order chi connectivity index (χ1) is 9.60. The van der Waals surface area contributed by atoms with Crippen LogP contribution in [0, 0.1) is 5.41 Å². The summed E-state index contributed by atoms with van der Waals surface area (Å²) in [5.41, 5.74) is -0.0744. The molecule has 1 fully saturated rings. The maximum Gasteiger partial charge on any atom is 0.407 e. The first-order valence-corrected chi connectivity index (χ1v) is 7.98. The third-order valence-electron chi connectivity index (χ3n) is 4.02. The van der Waals surface area contributed by atoms with E-state index in [0.717, 1.165) is 6.54 Å². The summed E-state index contributed by atoms with van der Waals surface area (Å²) in [5, 5.41) is 6.35. The highest BCUT2D eigenvalue weighted by molar-refractivity contribution is 5.67. The Morgan fingerprint density at radius 3 is 2.43 bits per heavy atom. The third kappa shape index (κ3) is 7.67. The van der Waals surface area contributed by atoms with E-state index < -0.39 is 5.60 Å². The van der Waals surface area contributed by atoms with Gasteiger partial charge in [-0.2, -0.15) is 0 Å². The second kappa shape index (κ2) is 7.45. The lowest BCUT2D eigenvalue weighted by atomic mass is 9.80. The van der Waals surface area contributed by atoms with Gasteiger partial charge >= 0.3 is 6.09 Å². The van der Waals surface area contributed by atoms with Crippen molar-refractivity contribution in [2.24, 2.45) is 5.41 Å². The normalized spacial score (nSPS) is 20.9. The molecule has 1 aliphatic heterocycles. The first kappa shape index (κ1) is 18.2. The maximum atomic E-state index is 11.6. The molecule has 0 bridgehead atoms. The molecule has 5 nitrogen and oxygen atoms in total. The molecule has 1 rings (SSSR count). The molecular weight excluding hydrogens is 266 g/mol. The number of alkyl carbamates (subject to hydrolysis) is 1. The van der Waals surface area contributed by atoms with Crippen LogP contribution in [0.3, 0.4) is 0 Å². The van der Waals surface area contributed by atoms with Gasteiger partial charge in [-0.25, -0.2) is 4.79 Å². The monoisotopic (exact) mass is 299 g/mol. The van der Waals surface area contributed by atoms with Crippen LogP contribution < -0.4 is 10.6 Å². The number of likely N-dealkylation sites (tertiary alicyclic amines) is 1. The van der Waals surface area contributed by atoms with Crippen LogP contribution in [0.25, 0.3) is 0 Å². The molecule has 21 heavy (non-hydrogen) atoms. The first-order valence-electron chi connectivity index (χ1n) is 7.98. The molecule has 0 aromatic carbocycles. The minimum absolute atomic E-state index is 0.244. The number of hydrogen-bond acceptors (Lipinski definition) is 4. The highest BCUT2D eigenvalue weighted by Gasteiger charge is 2.28. The van der Waals surface area contributed by atoms with E-state index in [-0.39, 0.29) is 12.1 Å². The van der Waals surface area contributed by atoms with E-state index in [0.29, 0.717) is 12.0 Å². The largest absolute Gasteiger partial charge is 0.444 e. The maximum absolute atomic E-state index is 11.6. The molecule has 124 valence electrons. The van der Waals surface area contributed by atoms with Crippen LogP contribution in [0.4, 0.5) is 4.79 Å². The van der Waals surface area contributed by atoms with Gasteiger partial charge in [0, 0.05) is 19.1 Å². The van der Waals surface area contributed by atoms with Gasteiger partial charge < -0.3 is 20.3 Å². The highest BCUT2D eigenvalue weighted by atomic mass is 16.6. The number of carbonyl (C=O) groups excluding carboxylic acids is 1. The van der Waals surface area contributed by atoms with E-state index in [1.54, 1.807) is 0 Å². The lowest BCUT2D eigenvalue weighted by Gasteiger charge is -2.38. The van der Waals surface area contributed by atoms with Gasteiger partial charge in [0.1, 0.15) is 5.60 Å². The van der Waals surface area contributed by atoms with Crippen molar-refractivity contribution in [2.75, 3.05) is 33.2 Å². The molecule has 1 saturated heterocycles. The van der Waals surface area contributed by atoms with Crippen LogP contribution in [0.2, 0.25) is 0 Å². The smallest absolute Gasteiger partial charge is 0.407 e. The lowest BCUT2D eigenvalue weighted by Crippen LogP contribution is -2.47. The second-order valence-corrected chi connectivity index (χ2v) is 7.78. The van der Waals surface area contributed by atoms with E-state index in [4.69, 9.17) is 4.74 Å². The molecule has 2 N–H and O–H groups in total. The van der Waals surface area contributed by atoms with E-state index in [1.165, 1.54) is 25.9 Å². The van der Waals surface area contributed by atoms with Gasteiger partial charge in [0.15, 0.2) is 0 Å². The van der Waals surface area contributed by atoms with Gasteiger partial charge in [0.25, 0.3) is 0 Å². The van der Waals surface area contributed by atoms with Gasteiger partial charge in [-0.1, -0.05) is 6.92 Å². The van der Waals surface area contributed by atoms with Crippen LogP contribution >= 0.6 is 0 Å². The molecule has 1 heterocycles. The summed E-state index contributed by atoms with van der Waals surface area (Å²) in [6.45, 7) is 14.0. The number of hydrogen-bond donors (Lipinski definition) is 2. The van der Waals surface area contributed by atoms with Crippen LogP contribution in [0.5, 0.6) is 0 Å². The van der Waals surface area contributed by atoms with Crippen molar-refractivity contribution in [3.05, 3.63) is 0 Å². The fourth-order valence-electron chi connectivity index (χ4n) is 2.38. The Bertz CT molecular complexity index is 331. The molecular formula is C16H33N3O2. The van der Waals surface area contributed by atoms with Gasteiger partial charge in [0.2, 0.25) is 0 Å². The second-order valence-electron chi connectivity index (χ2n) is 7.78. The van der Waals surface area contributed by atoms with E-state index in [1.807, 2.05) is 20.8 Å². The summed E-state index contributed by atoms with van der Waals surface area (Å²) in [5.74, 6) is 0. The van der Waals surface area contributed by atoms with Crippen molar-refractivity contribution >= 4 is 6.09 Å². The van der Waals surface area contributed by atoms with Crippen molar-refractivity contribution in [3.8, 4) is 0 Å². The zero-order valence-corrected chi connectivity index (χ0v) is 14.6. The summed E-state index contributed by atoms with van der Waals surface area (Å²) in [6, 6.07) is 0.244. The predicted molar refractivity (Wildman–Crippen MR) is 86.5 cm³/mol. The van der Waals surface area contributed by atoms with Gasteiger partial charge in [0.05, 0.1) is 0 Å². The molecule has 0 aromatic heterocycles. The van der Waals surface area contributed by atoms with Crippen LogP contribution in [-0.4, -0.2) is 55.9 Å². The number of nitrogens with one attached hydrogen (secondary N) is 2. The van der Waals surface area contributed by atoms with E-state index in [9.17, 15) is 4.79 Å². The molecule has 5 heteroatoms. The summed E-state index contributed by atoms with van der Waals surface area (Å²) in [7, 11) is 2.18. The van der Waals surface area contributed by atoms with Crippen molar-refractivity contribution < 1.29 is 9.53 Å². The lowest BCUT2D eigenvalue weighted by molar-refractivity contribution is 0.0522. The summed E-state index contributed by atoms with van der Waals surface area (Å²) < 4.78 is 5.23. The quantitative estimate of drug-likeness (QED) is 0.817. The Morgan fingerprint density at radius 2 is 1.90 bits per heavy atom. The number of nitrogens with zero attached hydrogens (tertiary/aromatic N) is 1. The molecule has 1 aliphatic rings. The molecule has 0 radical (unpaired) electrons. The van der Waals surface area contributed by atoms with Crippen LogP contribution in [-0.2, 0) is 4.74 Å². The fraction of sp³-hybridized carbons (Fsp3) is 0.938. The van der Waals surface area contributed by atoms with Gasteiger partial charge in [-0.3, -0.25) is 0 Å². The molecule has 1 amide bonds. The van der Waals surface area contributed by atoms with E-state index in [2.05, 4.69) is 36.4 Å². The standard InChI is InChI=1S/C16H33N3O2/c1-13(11-17-14(20)21-15(2,3)4)18-12-16(5)7-9-19(6)10-8-16/h13,18H,7-12H2,1-6H3,(H,17,20). The fourth-order valence-corrected chi connectivity index (χ4v) is 2.38. The Labute approximate surface area is 129 Å². The average Bonchev–Trinajstić information content (AvgIpc) is 2.36. The molecule has 0 aromatic rings. The Kier molecular flexibility index (Phi) is 6.47. The molecule has 0 aliphatic carbocycles. The Hall–Kier alpha value is -0.810. The summed E-state index contributed by atoms with van der Waals surface area (Å²) in [4.78, 5) is 14.0. The number of piperidine rings is 1. The minimum atomic E-state index is -0.442. The predicted octanol–water partition coefficient (Wildman–Crippen LogP) is 2.22. The van der Waals surface area contributed by atoms with E-state index >= 15 is 0 Å². The Morgan fingerprint density at radius 1 is 1.33 bits per heavy atom. The zero-order valence-electron chi connectivity index (χ0n) is 14.6. The van der Waals surface area contributed by atoms with Crippen molar-refractivity contribution in [2.45, 2.75) is 59.1 Å². The number of amides is 1. The zero-order chi connectivity index (χ0) is 16.1. The molecule has 1 atom stereocenters.